The molecule has 0 N–H and O–H groups in total. The van der Waals surface area contributed by atoms with Crippen LogP contribution in [0.1, 0.15) is 17.0 Å². The van der Waals surface area contributed by atoms with Crippen LogP contribution in [0.15, 0.2) is 30.6 Å². The Hall–Kier alpha value is -2.16. The number of nitrogens with zero attached hydrogens (tertiary/aromatic N) is 3. The average Bonchev–Trinajstić information content (AvgIpc) is 2.68. The van der Waals surface area contributed by atoms with Gasteiger partial charge >= 0.3 is 0 Å². The van der Waals surface area contributed by atoms with Gasteiger partial charge in [0.1, 0.15) is 6.33 Å². The number of hydrogen-bond acceptors (Lipinski definition) is 2. The summed E-state index contributed by atoms with van der Waals surface area (Å²) in [4.78, 5) is 0. The van der Waals surface area contributed by atoms with Gasteiger partial charge in [-0.25, -0.2) is 0 Å². The first-order valence-electron chi connectivity index (χ1n) is 4.78. The molecule has 72 valence electrons. The number of aromatic nitrogens is 3. The van der Waals surface area contributed by atoms with Gasteiger partial charge in [-0.15, -0.1) is 10.2 Å². The average molecular weight is 195 g/mol. The Bertz CT molecular complexity index is 502. The van der Waals surface area contributed by atoms with Crippen LogP contribution in [0.25, 0.3) is 24.4 Å². The van der Waals surface area contributed by atoms with E-state index in [1.165, 1.54) is 11.1 Å². The zero-order chi connectivity index (χ0) is 10.1. The highest BCUT2D eigenvalue weighted by molar-refractivity contribution is 5.78. The van der Waals surface area contributed by atoms with Gasteiger partial charge in [-0.3, -0.25) is 4.57 Å². The maximum absolute atomic E-state index is 4.01. The summed E-state index contributed by atoms with van der Waals surface area (Å²) in [6.45, 7) is 0. The van der Waals surface area contributed by atoms with Gasteiger partial charge in [-0.1, -0.05) is 30.3 Å². The van der Waals surface area contributed by atoms with Crippen LogP contribution >= 0.6 is 0 Å². The second-order valence-electron chi connectivity index (χ2n) is 3.37. The molecule has 15 heavy (non-hydrogen) atoms. The van der Waals surface area contributed by atoms with E-state index < -0.39 is 0 Å². The molecule has 1 aliphatic heterocycles. The highest BCUT2D eigenvalue weighted by Crippen LogP contribution is 2.17. The minimum Gasteiger partial charge on any atom is -0.289 e. The summed E-state index contributed by atoms with van der Waals surface area (Å²) in [6, 6.07) is 8.24. The monoisotopic (exact) mass is 195 g/mol. The summed E-state index contributed by atoms with van der Waals surface area (Å²) >= 11 is 0. The van der Waals surface area contributed by atoms with E-state index >= 15 is 0 Å². The Morgan fingerprint density at radius 1 is 0.933 bits per heavy atom. The lowest BCUT2D eigenvalue weighted by atomic mass is 10.1. The molecule has 2 aromatic rings. The molecule has 0 atom stereocenters. The molecule has 0 spiro atoms. The van der Waals surface area contributed by atoms with E-state index in [-0.39, 0.29) is 0 Å². The van der Waals surface area contributed by atoms with E-state index in [2.05, 4.69) is 34.5 Å². The summed E-state index contributed by atoms with van der Waals surface area (Å²) in [5.74, 6) is 0.848. The van der Waals surface area contributed by atoms with Crippen molar-refractivity contribution in [2.45, 2.75) is 0 Å². The molecule has 1 aromatic carbocycles. The van der Waals surface area contributed by atoms with Crippen LogP contribution in [-0.2, 0) is 0 Å². The lowest BCUT2D eigenvalue weighted by molar-refractivity contribution is 1.08. The van der Waals surface area contributed by atoms with Gasteiger partial charge < -0.3 is 0 Å². The molecule has 1 aliphatic rings. The molecule has 0 radical (unpaired) electrons. The molecular formula is C12H9N3. The molecule has 0 fully saturated rings. The van der Waals surface area contributed by atoms with Gasteiger partial charge in [0.05, 0.1) is 0 Å². The number of hydrogen-bond donors (Lipinski definition) is 0. The van der Waals surface area contributed by atoms with Crippen molar-refractivity contribution in [3.8, 4) is 0 Å². The van der Waals surface area contributed by atoms with Gasteiger partial charge in [0.25, 0.3) is 0 Å². The van der Waals surface area contributed by atoms with Gasteiger partial charge in [-0.05, 0) is 23.3 Å². The number of rotatable bonds is 0. The highest BCUT2D eigenvalue weighted by Gasteiger charge is 2.01. The Balaban J connectivity index is 2.19. The molecule has 0 bridgehead atoms. The second kappa shape index (κ2) is 3.20. The Morgan fingerprint density at radius 2 is 1.73 bits per heavy atom. The topological polar surface area (TPSA) is 30.7 Å². The first-order chi connectivity index (χ1) is 7.43. The molecule has 0 saturated carbocycles. The lowest BCUT2D eigenvalue weighted by Gasteiger charge is -2.04. The molecule has 3 rings (SSSR count). The van der Waals surface area contributed by atoms with Gasteiger partial charge in [0.2, 0.25) is 0 Å². The third-order valence-corrected chi connectivity index (χ3v) is 2.42. The predicted molar refractivity (Wildman–Crippen MR) is 60.6 cm³/mol. The smallest absolute Gasteiger partial charge is 0.160 e. The maximum Gasteiger partial charge on any atom is 0.160 e. The van der Waals surface area contributed by atoms with E-state index in [0.717, 1.165) is 5.82 Å². The zero-order valence-corrected chi connectivity index (χ0v) is 8.04. The molecule has 0 aliphatic carbocycles. The fourth-order valence-electron chi connectivity index (χ4n) is 1.63. The van der Waals surface area contributed by atoms with Crippen LogP contribution < -0.4 is 0 Å². The minimum atomic E-state index is 0.848. The van der Waals surface area contributed by atoms with Gasteiger partial charge in [0.15, 0.2) is 5.82 Å². The van der Waals surface area contributed by atoms with Crippen molar-refractivity contribution in [2.24, 2.45) is 0 Å². The molecule has 1 aromatic heterocycles. The van der Waals surface area contributed by atoms with E-state index in [1.807, 2.05) is 29.0 Å². The first kappa shape index (κ1) is 8.17. The quantitative estimate of drug-likeness (QED) is 0.551. The van der Waals surface area contributed by atoms with Gasteiger partial charge in [-0.2, -0.15) is 0 Å². The first-order valence-corrected chi connectivity index (χ1v) is 4.78. The molecule has 0 amide bonds. The molecular weight excluding hydrogens is 186 g/mol. The van der Waals surface area contributed by atoms with Crippen LogP contribution in [-0.4, -0.2) is 14.8 Å². The Labute approximate surface area is 87.4 Å². The van der Waals surface area contributed by atoms with Crippen molar-refractivity contribution in [3.05, 3.63) is 47.5 Å². The van der Waals surface area contributed by atoms with Crippen LogP contribution in [0.3, 0.4) is 0 Å². The highest BCUT2D eigenvalue weighted by atomic mass is 15.2. The summed E-state index contributed by atoms with van der Waals surface area (Å²) in [7, 11) is 0. The molecule has 3 heteroatoms. The zero-order valence-electron chi connectivity index (χ0n) is 8.04. The largest absolute Gasteiger partial charge is 0.289 e. The third kappa shape index (κ3) is 1.38. The fraction of sp³-hybridized carbons (Fsp3) is 0. The molecule has 3 nitrogen and oxygen atoms in total. The van der Waals surface area contributed by atoms with Crippen LogP contribution in [0.2, 0.25) is 0 Å². The summed E-state index contributed by atoms with van der Waals surface area (Å²) in [5.41, 5.74) is 2.40. The second-order valence-corrected chi connectivity index (χ2v) is 3.37. The predicted octanol–water partition coefficient (Wildman–Crippen LogP) is 2.39. The molecule has 0 saturated heterocycles. The Kier molecular flexibility index (Phi) is 1.75. The summed E-state index contributed by atoms with van der Waals surface area (Å²) in [5, 5.41) is 7.87. The maximum atomic E-state index is 4.01. The van der Waals surface area contributed by atoms with Gasteiger partial charge in [0, 0.05) is 6.20 Å². The van der Waals surface area contributed by atoms with Crippen LogP contribution in [0, 0.1) is 0 Å². The van der Waals surface area contributed by atoms with E-state index in [9.17, 15) is 0 Å². The van der Waals surface area contributed by atoms with E-state index in [4.69, 9.17) is 0 Å². The number of benzene rings is 1. The summed E-state index contributed by atoms with van der Waals surface area (Å²) in [6.07, 6.45) is 9.75. The third-order valence-electron chi connectivity index (χ3n) is 2.42. The normalized spacial score (nSPS) is 17.1. The van der Waals surface area contributed by atoms with Crippen LogP contribution in [0.4, 0.5) is 0 Å². The molecule has 0 unspecified atom stereocenters. The number of fused-ring (bicyclic) bond motifs is 2. The van der Waals surface area contributed by atoms with Crippen LogP contribution in [0.5, 0.6) is 0 Å². The van der Waals surface area contributed by atoms with Crippen molar-refractivity contribution in [2.75, 3.05) is 0 Å². The van der Waals surface area contributed by atoms with Crippen molar-refractivity contribution in [1.29, 1.82) is 0 Å². The van der Waals surface area contributed by atoms with Crippen molar-refractivity contribution in [1.82, 2.24) is 14.8 Å². The van der Waals surface area contributed by atoms with Crippen molar-refractivity contribution >= 4 is 24.4 Å². The van der Waals surface area contributed by atoms with Crippen molar-refractivity contribution in [3.63, 3.8) is 0 Å². The fourth-order valence-corrected chi connectivity index (χ4v) is 1.63. The lowest BCUT2D eigenvalue weighted by Crippen LogP contribution is -1.91. The van der Waals surface area contributed by atoms with E-state index in [1.54, 1.807) is 6.33 Å². The standard InChI is InChI=1S/C12H9N3/c1-2-4-11-7-8-15-9-13-14-12(15)6-5-10(11)3-1/h1-9H/b6-5-,8-7-. The molecule has 2 heterocycles. The van der Waals surface area contributed by atoms with Crippen molar-refractivity contribution < 1.29 is 0 Å². The van der Waals surface area contributed by atoms with E-state index in [0.29, 0.717) is 0 Å². The Morgan fingerprint density at radius 3 is 2.60 bits per heavy atom. The minimum absolute atomic E-state index is 0.848. The SMILES string of the molecule is C1=C\c2nncn2/C=C\c2ccccc2/1. The summed E-state index contributed by atoms with van der Waals surface area (Å²) < 4.78 is 1.90.